The largest absolute Gasteiger partial charge is 0.444 e. The number of nitriles is 2. The summed E-state index contributed by atoms with van der Waals surface area (Å²) >= 11 is 0. The highest BCUT2D eigenvalue weighted by Gasteiger charge is 2.30. The highest BCUT2D eigenvalue weighted by molar-refractivity contribution is 6.30. The van der Waals surface area contributed by atoms with Crippen LogP contribution in [-0.4, -0.2) is 11.9 Å². The minimum atomic E-state index is -1.24. The third-order valence-corrected chi connectivity index (χ3v) is 2.03. The molecule has 88 valence electrons. The molecule has 2 rings (SSSR count). The molecule has 1 aromatic rings. The molecule has 0 saturated carbocycles. The van der Waals surface area contributed by atoms with Gasteiger partial charge in [-0.25, -0.2) is 9.59 Å². The number of rotatable bonds is 1. The standard InChI is InChI=1S/C10H4N4O4/c11-4-6-1-2-7(5-12)8(3-6)14-13-17-9(15)10(16)18-14/h1-3,13H. The van der Waals surface area contributed by atoms with E-state index in [1.807, 2.05) is 17.7 Å². The van der Waals surface area contributed by atoms with Crippen LogP contribution in [0.5, 0.6) is 0 Å². The summed E-state index contributed by atoms with van der Waals surface area (Å²) in [4.78, 5) is 30.6. The second-order valence-corrected chi connectivity index (χ2v) is 3.11. The molecule has 8 heteroatoms. The van der Waals surface area contributed by atoms with Crippen molar-refractivity contribution in [2.75, 3.05) is 5.17 Å². The van der Waals surface area contributed by atoms with Gasteiger partial charge < -0.3 is 9.68 Å². The molecule has 0 atom stereocenters. The Morgan fingerprint density at radius 1 is 1.17 bits per heavy atom. The van der Waals surface area contributed by atoms with Gasteiger partial charge in [-0.3, -0.25) is 0 Å². The van der Waals surface area contributed by atoms with Crippen LogP contribution < -0.4 is 10.8 Å². The van der Waals surface area contributed by atoms with Gasteiger partial charge in [-0.1, -0.05) is 5.17 Å². The third-order valence-electron chi connectivity index (χ3n) is 2.03. The minimum absolute atomic E-state index is 0.0809. The third kappa shape index (κ3) is 1.91. The van der Waals surface area contributed by atoms with Gasteiger partial charge in [0.05, 0.1) is 17.2 Å². The Hall–Kier alpha value is -3.10. The van der Waals surface area contributed by atoms with Gasteiger partial charge in [0.2, 0.25) is 0 Å². The topological polar surface area (TPSA) is 115 Å². The van der Waals surface area contributed by atoms with Gasteiger partial charge >= 0.3 is 11.9 Å². The van der Waals surface area contributed by atoms with E-state index in [1.54, 1.807) is 0 Å². The molecule has 0 aliphatic carbocycles. The predicted molar refractivity (Wildman–Crippen MR) is 53.7 cm³/mol. The first-order chi connectivity index (χ1) is 8.65. The number of hydrogen-bond acceptors (Lipinski definition) is 8. The molecule has 0 amide bonds. The van der Waals surface area contributed by atoms with Gasteiger partial charge in [0.25, 0.3) is 0 Å². The molecule has 1 aromatic carbocycles. The van der Waals surface area contributed by atoms with E-state index in [0.717, 1.165) is 0 Å². The van der Waals surface area contributed by atoms with Crippen LogP contribution >= 0.6 is 0 Å². The van der Waals surface area contributed by atoms with Crippen LogP contribution in [0.4, 0.5) is 5.69 Å². The van der Waals surface area contributed by atoms with Gasteiger partial charge in [0.1, 0.15) is 11.8 Å². The summed E-state index contributed by atoms with van der Waals surface area (Å²) in [5, 5.41) is 18.3. The fraction of sp³-hybridized carbons (Fsp3) is 0. The first-order valence-electron chi connectivity index (χ1n) is 4.59. The fourth-order valence-corrected chi connectivity index (χ4v) is 1.23. The summed E-state index contributed by atoms with van der Waals surface area (Å²) in [7, 11) is 0. The summed E-state index contributed by atoms with van der Waals surface area (Å²) in [6, 6.07) is 7.82. The van der Waals surface area contributed by atoms with Crippen molar-refractivity contribution in [2.24, 2.45) is 0 Å². The lowest BCUT2D eigenvalue weighted by Gasteiger charge is -2.25. The Bertz CT molecular complexity index is 613. The number of nitrogens with zero attached hydrogens (tertiary/aromatic N) is 3. The van der Waals surface area contributed by atoms with Crippen molar-refractivity contribution < 1.29 is 19.3 Å². The molecule has 0 radical (unpaired) electrons. The number of hydrazine groups is 1. The average molecular weight is 244 g/mol. The maximum absolute atomic E-state index is 11.0. The number of anilines is 1. The zero-order chi connectivity index (χ0) is 13.1. The summed E-state index contributed by atoms with van der Waals surface area (Å²) in [6.07, 6.45) is 0. The maximum atomic E-state index is 11.0. The molecule has 1 saturated heterocycles. The molecule has 8 nitrogen and oxygen atoms in total. The summed E-state index contributed by atoms with van der Waals surface area (Å²) in [5.41, 5.74) is 2.48. The number of carbonyl (C=O) groups excluding carboxylic acids is 2. The normalized spacial score (nSPS) is 14.2. The van der Waals surface area contributed by atoms with Crippen LogP contribution in [0.3, 0.4) is 0 Å². The van der Waals surface area contributed by atoms with Gasteiger partial charge in [0, 0.05) is 0 Å². The second kappa shape index (κ2) is 4.41. The maximum Gasteiger partial charge on any atom is 0.444 e. The van der Waals surface area contributed by atoms with E-state index in [0.29, 0.717) is 5.17 Å². The van der Waals surface area contributed by atoms with Gasteiger partial charge in [-0.05, 0) is 23.8 Å². The first kappa shape index (κ1) is 11.4. The van der Waals surface area contributed by atoms with Crippen LogP contribution in [-0.2, 0) is 19.3 Å². The molecule has 1 aliphatic rings. The predicted octanol–water partition coefficient (Wildman–Crippen LogP) is -0.329. The van der Waals surface area contributed by atoms with Gasteiger partial charge in [-0.15, -0.1) is 0 Å². The molecule has 1 fully saturated rings. The summed E-state index contributed by atoms with van der Waals surface area (Å²) in [6.45, 7) is 0. The average Bonchev–Trinajstić information content (AvgIpc) is 2.41. The molecule has 0 spiro atoms. The van der Waals surface area contributed by atoms with Crippen molar-refractivity contribution in [3.8, 4) is 12.1 Å². The number of carbonyl (C=O) groups is 2. The molecule has 0 aromatic heterocycles. The molecular formula is C10H4N4O4. The van der Waals surface area contributed by atoms with Crippen molar-refractivity contribution in [1.82, 2.24) is 5.59 Å². The van der Waals surface area contributed by atoms with Crippen molar-refractivity contribution in [3.63, 3.8) is 0 Å². The SMILES string of the molecule is N#Cc1ccc(C#N)c(N2NOC(=O)C(=O)O2)c1. The van der Waals surface area contributed by atoms with Crippen molar-refractivity contribution in [2.45, 2.75) is 0 Å². The van der Waals surface area contributed by atoms with Crippen molar-refractivity contribution >= 4 is 17.6 Å². The zero-order valence-electron chi connectivity index (χ0n) is 8.71. The molecule has 1 N–H and O–H groups in total. The zero-order valence-corrected chi connectivity index (χ0v) is 8.71. The fourth-order valence-electron chi connectivity index (χ4n) is 1.23. The molecule has 1 aliphatic heterocycles. The highest BCUT2D eigenvalue weighted by Crippen LogP contribution is 2.21. The van der Waals surface area contributed by atoms with Gasteiger partial charge in [0.15, 0.2) is 0 Å². The lowest BCUT2D eigenvalue weighted by Crippen LogP contribution is -2.49. The monoisotopic (exact) mass is 244 g/mol. The van der Waals surface area contributed by atoms with E-state index in [4.69, 9.17) is 10.5 Å². The van der Waals surface area contributed by atoms with E-state index < -0.39 is 11.9 Å². The Morgan fingerprint density at radius 2 is 1.94 bits per heavy atom. The smallest absolute Gasteiger partial charge is 0.338 e. The van der Waals surface area contributed by atoms with Crippen LogP contribution in [0.1, 0.15) is 11.1 Å². The first-order valence-corrected chi connectivity index (χ1v) is 4.59. The lowest BCUT2D eigenvalue weighted by molar-refractivity contribution is -0.192. The van der Waals surface area contributed by atoms with Crippen molar-refractivity contribution in [3.05, 3.63) is 29.3 Å². The van der Waals surface area contributed by atoms with E-state index in [1.165, 1.54) is 18.2 Å². The Morgan fingerprint density at radius 3 is 2.56 bits per heavy atom. The van der Waals surface area contributed by atoms with Crippen molar-refractivity contribution in [1.29, 1.82) is 10.5 Å². The molecule has 18 heavy (non-hydrogen) atoms. The highest BCUT2D eigenvalue weighted by atomic mass is 16.9. The Balaban J connectivity index is 2.39. The number of benzene rings is 1. The number of hydrogen-bond donors (Lipinski definition) is 1. The molecule has 1 heterocycles. The lowest BCUT2D eigenvalue weighted by atomic mass is 10.1. The molecular weight excluding hydrogens is 240 g/mol. The molecule has 0 unspecified atom stereocenters. The summed E-state index contributed by atoms with van der Waals surface area (Å²) < 4.78 is 0. The number of nitrogens with one attached hydrogen (secondary N) is 1. The van der Waals surface area contributed by atoms with Crippen LogP contribution in [0, 0.1) is 22.7 Å². The van der Waals surface area contributed by atoms with E-state index in [2.05, 4.69) is 9.68 Å². The summed E-state index contributed by atoms with van der Waals surface area (Å²) in [5.74, 6) is -2.44. The Labute approximate surface area is 100 Å². The van der Waals surface area contributed by atoms with Crippen LogP contribution in [0.2, 0.25) is 0 Å². The van der Waals surface area contributed by atoms with E-state index in [9.17, 15) is 9.59 Å². The van der Waals surface area contributed by atoms with Crippen LogP contribution in [0.15, 0.2) is 18.2 Å². The minimum Gasteiger partial charge on any atom is -0.338 e. The quantitative estimate of drug-likeness (QED) is 0.667. The second-order valence-electron chi connectivity index (χ2n) is 3.11. The van der Waals surface area contributed by atoms with E-state index in [-0.39, 0.29) is 16.8 Å². The van der Waals surface area contributed by atoms with Crippen LogP contribution in [0.25, 0.3) is 0 Å². The molecule has 0 bridgehead atoms. The van der Waals surface area contributed by atoms with E-state index >= 15 is 0 Å². The van der Waals surface area contributed by atoms with Gasteiger partial charge in [-0.2, -0.15) is 10.5 Å². The Kier molecular flexibility index (Phi) is 2.79.